The first-order valence-corrected chi connectivity index (χ1v) is 10.9. The fraction of sp³-hybridized carbons (Fsp3) is 0.360. The van der Waals surface area contributed by atoms with Crippen molar-refractivity contribution in [3.8, 4) is 17.3 Å². The van der Waals surface area contributed by atoms with Gasteiger partial charge >= 0.3 is 0 Å². The van der Waals surface area contributed by atoms with Gasteiger partial charge in [-0.25, -0.2) is 4.98 Å². The van der Waals surface area contributed by atoms with Crippen LogP contribution < -0.4 is 4.74 Å². The fourth-order valence-corrected chi connectivity index (χ4v) is 4.83. The van der Waals surface area contributed by atoms with Crippen LogP contribution in [0.15, 0.2) is 55.0 Å². The maximum atomic E-state index is 13.7. The summed E-state index contributed by atoms with van der Waals surface area (Å²) in [6, 6.07) is 11.5. The van der Waals surface area contributed by atoms with Crippen LogP contribution in [-0.4, -0.2) is 44.4 Å². The summed E-state index contributed by atoms with van der Waals surface area (Å²) in [5, 5.41) is 0. The van der Waals surface area contributed by atoms with Gasteiger partial charge in [-0.1, -0.05) is 12.1 Å². The Bertz CT molecular complexity index is 1100. The molecule has 1 saturated carbocycles. The average molecular weight is 415 g/mol. The lowest BCUT2D eigenvalue weighted by molar-refractivity contribution is -0.0313. The molecule has 0 N–H and O–H groups in total. The van der Waals surface area contributed by atoms with Crippen LogP contribution in [0.2, 0.25) is 0 Å². The number of aryl methyl sites for hydroxylation is 2. The third-order valence-electron chi connectivity index (χ3n) is 6.41. The smallest absolute Gasteiger partial charge is 0.256 e. The molecule has 3 atom stereocenters. The zero-order chi connectivity index (χ0) is 21.4. The van der Waals surface area contributed by atoms with E-state index in [2.05, 4.69) is 15.0 Å². The predicted octanol–water partition coefficient (Wildman–Crippen LogP) is 4.23. The molecule has 5 heterocycles. The first-order chi connectivity index (χ1) is 15.1. The highest BCUT2D eigenvalue weighted by molar-refractivity contribution is 6.00. The second-order valence-electron chi connectivity index (χ2n) is 8.60. The Balaban J connectivity index is 1.44. The fourth-order valence-electron chi connectivity index (χ4n) is 4.83. The van der Waals surface area contributed by atoms with Gasteiger partial charge in [0, 0.05) is 31.2 Å². The van der Waals surface area contributed by atoms with Crippen LogP contribution in [0.4, 0.5) is 0 Å². The molecule has 6 rings (SSSR count). The van der Waals surface area contributed by atoms with Crippen LogP contribution in [0.1, 0.15) is 40.7 Å². The zero-order valence-corrected chi connectivity index (χ0v) is 17.9. The van der Waals surface area contributed by atoms with Gasteiger partial charge in [0.2, 0.25) is 5.88 Å². The van der Waals surface area contributed by atoms with Crippen molar-refractivity contribution in [2.45, 2.75) is 45.3 Å². The van der Waals surface area contributed by atoms with E-state index >= 15 is 0 Å². The third kappa shape index (κ3) is 3.78. The second kappa shape index (κ2) is 8.10. The molecule has 2 bridgehead atoms. The van der Waals surface area contributed by atoms with Crippen molar-refractivity contribution in [3.05, 3.63) is 71.7 Å². The predicted molar refractivity (Wildman–Crippen MR) is 118 cm³/mol. The molecule has 0 radical (unpaired) electrons. The van der Waals surface area contributed by atoms with Gasteiger partial charge in [-0.3, -0.25) is 14.8 Å². The Morgan fingerprint density at radius 1 is 1.00 bits per heavy atom. The summed E-state index contributed by atoms with van der Waals surface area (Å²) in [4.78, 5) is 29.2. The number of ether oxygens (including phenoxy) is 1. The Hall–Kier alpha value is -3.28. The normalized spacial score (nSPS) is 22.4. The van der Waals surface area contributed by atoms with E-state index in [4.69, 9.17) is 4.74 Å². The van der Waals surface area contributed by atoms with Crippen molar-refractivity contribution < 1.29 is 9.53 Å². The van der Waals surface area contributed by atoms with Crippen molar-refractivity contribution in [1.82, 2.24) is 19.9 Å². The molecular formula is C25H26N4O2. The second-order valence-corrected chi connectivity index (χ2v) is 8.60. The summed E-state index contributed by atoms with van der Waals surface area (Å²) < 4.78 is 6.26. The highest BCUT2D eigenvalue weighted by Crippen LogP contribution is 2.38. The van der Waals surface area contributed by atoms with Gasteiger partial charge < -0.3 is 9.64 Å². The molecule has 3 aromatic rings. The minimum atomic E-state index is -0.0386. The van der Waals surface area contributed by atoms with E-state index < -0.39 is 0 Å². The number of fused-ring (bicyclic) bond motifs is 3. The van der Waals surface area contributed by atoms with Crippen LogP contribution in [0.3, 0.4) is 0 Å². The van der Waals surface area contributed by atoms with Gasteiger partial charge in [0.05, 0.1) is 17.3 Å². The van der Waals surface area contributed by atoms with E-state index in [-0.39, 0.29) is 18.1 Å². The lowest BCUT2D eigenvalue weighted by Crippen LogP contribution is -2.59. The van der Waals surface area contributed by atoms with E-state index in [0.717, 1.165) is 42.6 Å². The van der Waals surface area contributed by atoms with Gasteiger partial charge in [0.25, 0.3) is 5.91 Å². The first-order valence-electron chi connectivity index (χ1n) is 10.9. The Labute approximate surface area is 182 Å². The Kier molecular flexibility index (Phi) is 5.14. The largest absolute Gasteiger partial charge is 0.472 e. The molecular weight excluding hydrogens is 388 g/mol. The van der Waals surface area contributed by atoms with Crippen molar-refractivity contribution in [3.63, 3.8) is 0 Å². The molecule has 3 fully saturated rings. The first kappa shape index (κ1) is 19.7. The number of pyridine rings is 3. The maximum absolute atomic E-state index is 13.7. The maximum Gasteiger partial charge on any atom is 0.256 e. The van der Waals surface area contributed by atoms with Crippen LogP contribution in [-0.2, 0) is 0 Å². The van der Waals surface area contributed by atoms with Crippen LogP contribution in [0.25, 0.3) is 11.4 Å². The van der Waals surface area contributed by atoms with E-state index in [9.17, 15) is 4.79 Å². The monoisotopic (exact) mass is 414 g/mol. The van der Waals surface area contributed by atoms with Gasteiger partial charge in [0.1, 0.15) is 11.8 Å². The molecule has 6 nitrogen and oxygen atoms in total. The molecule has 31 heavy (non-hydrogen) atoms. The molecule has 158 valence electrons. The standard InChI is InChI=1S/C25H26N4O2/c1-16-7-10-22(28-14-16)31-21-13-18-8-9-20(21)29(15-18)25(30)19-6-4-12-27-24(19)23-17(2)5-3-11-26-23/h3-7,10-12,14,18,20-21H,8-9,13,15H2,1-2H3. The minimum absolute atomic E-state index is 0.00742. The molecule has 1 amide bonds. The van der Waals surface area contributed by atoms with E-state index in [1.807, 2.05) is 61.3 Å². The number of carbonyl (C=O) groups is 1. The summed E-state index contributed by atoms with van der Waals surface area (Å²) >= 11 is 0. The summed E-state index contributed by atoms with van der Waals surface area (Å²) in [5.41, 5.74) is 4.10. The number of carbonyl (C=O) groups excluding carboxylic acids is 1. The molecule has 1 aliphatic carbocycles. The number of aromatic nitrogens is 3. The molecule has 2 aliphatic heterocycles. The van der Waals surface area contributed by atoms with Crippen LogP contribution in [0, 0.1) is 19.8 Å². The van der Waals surface area contributed by atoms with E-state index in [0.29, 0.717) is 23.1 Å². The molecule has 6 heteroatoms. The van der Waals surface area contributed by atoms with Crippen LogP contribution in [0.5, 0.6) is 5.88 Å². The van der Waals surface area contributed by atoms with Crippen molar-refractivity contribution in [1.29, 1.82) is 0 Å². The lowest BCUT2D eigenvalue weighted by Gasteiger charge is -2.49. The van der Waals surface area contributed by atoms with Gasteiger partial charge in [-0.15, -0.1) is 0 Å². The summed E-state index contributed by atoms with van der Waals surface area (Å²) in [6.07, 6.45) is 8.28. The van der Waals surface area contributed by atoms with Crippen LogP contribution >= 0.6 is 0 Å². The number of piperidine rings is 2. The van der Waals surface area contributed by atoms with Gasteiger partial charge in [-0.05, 0) is 68.4 Å². The Morgan fingerprint density at radius 3 is 2.55 bits per heavy atom. The van der Waals surface area contributed by atoms with Gasteiger partial charge in [-0.2, -0.15) is 0 Å². The molecule has 0 spiro atoms. The highest BCUT2D eigenvalue weighted by Gasteiger charge is 2.45. The summed E-state index contributed by atoms with van der Waals surface area (Å²) in [7, 11) is 0. The molecule has 3 unspecified atom stereocenters. The number of rotatable bonds is 4. The minimum Gasteiger partial charge on any atom is -0.472 e. The number of nitrogens with zero attached hydrogens (tertiary/aromatic N) is 4. The molecule has 2 saturated heterocycles. The van der Waals surface area contributed by atoms with Crippen molar-refractivity contribution >= 4 is 5.91 Å². The van der Waals surface area contributed by atoms with E-state index in [1.54, 1.807) is 12.4 Å². The zero-order valence-electron chi connectivity index (χ0n) is 17.9. The lowest BCUT2D eigenvalue weighted by atomic mass is 9.77. The molecule has 0 aromatic carbocycles. The quantitative estimate of drug-likeness (QED) is 0.639. The molecule has 3 aromatic heterocycles. The van der Waals surface area contributed by atoms with Gasteiger partial charge in [0.15, 0.2) is 0 Å². The average Bonchev–Trinajstić information content (AvgIpc) is 2.81. The summed E-state index contributed by atoms with van der Waals surface area (Å²) in [5.74, 6) is 1.08. The number of hydrogen-bond donors (Lipinski definition) is 0. The van der Waals surface area contributed by atoms with E-state index in [1.165, 1.54) is 0 Å². The third-order valence-corrected chi connectivity index (χ3v) is 6.41. The highest BCUT2D eigenvalue weighted by atomic mass is 16.5. The van der Waals surface area contributed by atoms with Crippen molar-refractivity contribution in [2.24, 2.45) is 5.92 Å². The number of amides is 1. The Morgan fingerprint density at radius 2 is 1.81 bits per heavy atom. The summed E-state index contributed by atoms with van der Waals surface area (Å²) in [6.45, 7) is 4.77. The number of hydrogen-bond acceptors (Lipinski definition) is 5. The molecule has 3 aliphatic rings. The van der Waals surface area contributed by atoms with Crippen molar-refractivity contribution in [2.75, 3.05) is 6.54 Å². The SMILES string of the molecule is Cc1ccc(OC2CC3CCC2N(C(=O)c2cccnc2-c2ncccc2C)C3)nc1. The topological polar surface area (TPSA) is 68.2 Å².